The molecule has 1 amide bonds. The van der Waals surface area contributed by atoms with E-state index < -0.39 is 35.6 Å². The SMILES string of the molecule is CCOC(=O)c1cnn2ccc(N3OCCC3c3cc(F)cnc3C#CC(C)NC(=O)OC(C)(C)C)nc12. The fourth-order valence-corrected chi connectivity index (χ4v) is 3.82. The minimum Gasteiger partial charge on any atom is -0.462 e. The summed E-state index contributed by atoms with van der Waals surface area (Å²) >= 11 is 0. The number of fused-ring (bicyclic) bond motifs is 1. The maximum Gasteiger partial charge on any atom is 0.408 e. The van der Waals surface area contributed by atoms with Gasteiger partial charge in [-0.1, -0.05) is 5.92 Å². The van der Waals surface area contributed by atoms with Crippen LogP contribution in [0.2, 0.25) is 0 Å². The Labute approximate surface area is 219 Å². The molecular weight excluding hydrogens is 495 g/mol. The summed E-state index contributed by atoms with van der Waals surface area (Å²) in [6.45, 7) is 9.29. The minimum atomic E-state index is -0.639. The van der Waals surface area contributed by atoms with Gasteiger partial charge in [0.15, 0.2) is 11.5 Å². The van der Waals surface area contributed by atoms with Crippen LogP contribution in [-0.2, 0) is 14.3 Å². The third-order valence-corrected chi connectivity index (χ3v) is 5.36. The van der Waals surface area contributed by atoms with Gasteiger partial charge in [-0.25, -0.2) is 33.5 Å². The molecule has 2 unspecified atom stereocenters. The maximum atomic E-state index is 14.3. The first kappa shape index (κ1) is 26.8. The van der Waals surface area contributed by atoms with E-state index in [4.69, 9.17) is 14.3 Å². The van der Waals surface area contributed by atoms with Gasteiger partial charge in [0.25, 0.3) is 0 Å². The van der Waals surface area contributed by atoms with Gasteiger partial charge in [0.1, 0.15) is 22.7 Å². The molecule has 12 heteroatoms. The molecule has 0 saturated carbocycles. The average molecular weight is 525 g/mol. The Hall–Kier alpha value is -4.24. The monoisotopic (exact) mass is 524 g/mol. The molecule has 1 saturated heterocycles. The Balaban J connectivity index is 1.61. The zero-order chi connectivity index (χ0) is 27.4. The van der Waals surface area contributed by atoms with Crippen LogP contribution in [0.15, 0.2) is 30.7 Å². The summed E-state index contributed by atoms with van der Waals surface area (Å²) in [5.41, 5.74) is 0.715. The first-order chi connectivity index (χ1) is 18.1. The van der Waals surface area contributed by atoms with E-state index in [2.05, 4.69) is 32.2 Å². The van der Waals surface area contributed by atoms with E-state index in [-0.39, 0.29) is 12.2 Å². The lowest BCUT2D eigenvalue weighted by molar-refractivity contribution is 0.0512. The second-order valence-electron chi connectivity index (χ2n) is 9.52. The van der Waals surface area contributed by atoms with Crippen LogP contribution in [-0.4, -0.2) is 56.5 Å². The van der Waals surface area contributed by atoms with Crippen LogP contribution in [0, 0.1) is 17.7 Å². The van der Waals surface area contributed by atoms with Crippen molar-refractivity contribution < 1.29 is 28.3 Å². The van der Waals surface area contributed by atoms with Crippen molar-refractivity contribution in [2.24, 2.45) is 0 Å². The molecule has 38 heavy (non-hydrogen) atoms. The number of amides is 1. The molecule has 0 radical (unpaired) electrons. The molecule has 0 spiro atoms. The van der Waals surface area contributed by atoms with Gasteiger partial charge in [-0.15, -0.1) is 0 Å². The van der Waals surface area contributed by atoms with E-state index >= 15 is 0 Å². The fraction of sp³-hybridized carbons (Fsp3) is 0.423. The molecule has 200 valence electrons. The summed E-state index contributed by atoms with van der Waals surface area (Å²) in [6, 6.07) is 2.03. The number of hydroxylamine groups is 1. The largest absolute Gasteiger partial charge is 0.462 e. The number of carbonyl (C=O) groups is 2. The van der Waals surface area contributed by atoms with Crippen molar-refractivity contribution in [3.63, 3.8) is 0 Å². The van der Waals surface area contributed by atoms with Gasteiger partial charge < -0.3 is 14.8 Å². The Morgan fingerprint density at radius 2 is 2.13 bits per heavy atom. The fourth-order valence-electron chi connectivity index (χ4n) is 3.82. The van der Waals surface area contributed by atoms with Crippen molar-refractivity contribution in [2.75, 3.05) is 18.3 Å². The van der Waals surface area contributed by atoms with Crippen LogP contribution >= 0.6 is 0 Å². The summed E-state index contributed by atoms with van der Waals surface area (Å²) in [6.07, 6.45) is 4.05. The molecule has 0 aromatic carbocycles. The van der Waals surface area contributed by atoms with Gasteiger partial charge in [-0.05, 0) is 46.6 Å². The standard InChI is InChI=1S/C26H29FN6O5/c1-6-36-24(34)19-15-29-32-11-9-22(31-23(19)32)33-21(10-12-37-33)18-13-17(27)14-28-20(18)8-7-16(2)30-25(35)38-26(3,4)5/h9,11,13-16,21H,6,10,12H2,1-5H3,(H,30,35). The molecular formula is C26H29FN6O5. The number of nitrogens with one attached hydrogen (secondary N) is 1. The number of rotatable bonds is 5. The number of anilines is 1. The number of ether oxygens (including phenoxy) is 2. The first-order valence-corrected chi connectivity index (χ1v) is 12.2. The van der Waals surface area contributed by atoms with Gasteiger partial charge in [-0.3, -0.25) is 4.84 Å². The second kappa shape index (κ2) is 11.0. The Morgan fingerprint density at radius 1 is 1.34 bits per heavy atom. The number of aromatic nitrogens is 4. The summed E-state index contributed by atoms with van der Waals surface area (Å²) in [5.74, 6) is 5.20. The lowest BCUT2D eigenvalue weighted by atomic mass is 10.0. The molecule has 11 nitrogen and oxygen atoms in total. The highest BCUT2D eigenvalue weighted by molar-refractivity contribution is 5.95. The molecule has 3 aromatic rings. The van der Waals surface area contributed by atoms with Crippen molar-refractivity contribution in [3.05, 3.63) is 53.4 Å². The van der Waals surface area contributed by atoms with Crippen LogP contribution in [0.4, 0.5) is 15.0 Å². The highest BCUT2D eigenvalue weighted by Gasteiger charge is 2.32. The molecule has 1 aliphatic heterocycles. The molecule has 2 atom stereocenters. The topological polar surface area (TPSA) is 120 Å². The average Bonchev–Trinajstić information content (AvgIpc) is 3.49. The molecule has 1 fully saturated rings. The van der Waals surface area contributed by atoms with Gasteiger partial charge in [0, 0.05) is 24.2 Å². The molecule has 0 aliphatic carbocycles. The van der Waals surface area contributed by atoms with Crippen LogP contribution in [0.25, 0.3) is 5.65 Å². The number of halogens is 1. The van der Waals surface area contributed by atoms with Crippen molar-refractivity contribution >= 4 is 23.5 Å². The van der Waals surface area contributed by atoms with E-state index in [1.165, 1.54) is 16.8 Å². The quantitative estimate of drug-likeness (QED) is 0.394. The number of esters is 1. The molecule has 1 N–H and O–H groups in total. The summed E-state index contributed by atoms with van der Waals surface area (Å²) < 4.78 is 26.1. The third kappa shape index (κ3) is 6.18. The molecule has 3 aromatic heterocycles. The van der Waals surface area contributed by atoms with Gasteiger partial charge >= 0.3 is 12.1 Å². The number of nitrogens with zero attached hydrogens (tertiary/aromatic N) is 5. The number of hydrogen-bond donors (Lipinski definition) is 1. The van der Waals surface area contributed by atoms with E-state index in [9.17, 15) is 14.0 Å². The van der Waals surface area contributed by atoms with Gasteiger partial charge in [0.2, 0.25) is 0 Å². The Kier molecular flexibility index (Phi) is 7.78. The predicted octanol–water partition coefficient (Wildman–Crippen LogP) is 3.59. The lowest BCUT2D eigenvalue weighted by Gasteiger charge is -2.24. The van der Waals surface area contributed by atoms with Crippen molar-refractivity contribution in [3.8, 4) is 11.8 Å². The van der Waals surface area contributed by atoms with Crippen molar-refractivity contribution in [2.45, 2.75) is 58.7 Å². The van der Waals surface area contributed by atoms with Crippen LogP contribution in [0.1, 0.15) is 68.7 Å². The number of pyridine rings is 1. The lowest BCUT2D eigenvalue weighted by Crippen LogP contribution is -2.37. The Bertz CT molecular complexity index is 1410. The van der Waals surface area contributed by atoms with Gasteiger partial charge in [-0.2, -0.15) is 5.10 Å². The normalized spacial score (nSPS) is 16.1. The predicted molar refractivity (Wildman–Crippen MR) is 135 cm³/mol. The van der Waals surface area contributed by atoms with Crippen molar-refractivity contribution in [1.82, 2.24) is 24.9 Å². The smallest absolute Gasteiger partial charge is 0.408 e. The number of carbonyl (C=O) groups excluding carboxylic acids is 2. The summed E-state index contributed by atoms with van der Waals surface area (Å²) in [4.78, 5) is 39.0. The van der Waals surface area contributed by atoms with Crippen LogP contribution in [0.3, 0.4) is 0 Å². The third-order valence-electron chi connectivity index (χ3n) is 5.36. The highest BCUT2D eigenvalue weighted by Crippen LogP contribution is 2.35. The molecule has 4 heterocycles. The maximum absolute atomic E-state index is 14.3. The molecule has 1 aliphatic rings. The number of alkyl carbamates (subject to hydrolysis) is 1. The van der Waals surface area contributed by atoms with E-state index in [0.717, 1.165) is 6.20 Å². The van der Waals surface area contributed by atoms with Gasteiger partial charge in [0.05, 0.1) is 37.7 Å². The summed E-state index contributed by atoms with van der Waals surface area (Å²) in [5, 5.41) is 8.35. The first-order valence-electron chi connectivity index (χ1n) is 12.2. The van der Waals surface area contributed by atoms with E-state index in [0.29, 0.717) is 35.8 Å². The zero-order valence-electron chi connectivity index (χ0n) is 21.8. The molecule has 0 bridgehead atoms. The molecule has 4 rings (SSSR count). The van der Waals surface area contributed by atoms with E-state index in [1.54, 1.807) is 51.9 Å². The highest BCUT2D eigenvalue weighted by atomic mass is 19.1. The van der Waals surface area contributed by atoms with Crippen LogP contribution in [0.5, 0.6) is 0 Å². The zero-order valence-corrected chi connectivity index (χ0v) is 21.8. The minimum absolute atomic E-state index is 0.217. The second-order valence-corrected chi connectivity index (χ2v) is 9.52. The summed E-state index contributed by atoms with van der Waals surface area (Å²) in [7, 11) is 0. The Morgan fingerprint density at radius 3 is 2.87 bits per heavy atom. The van der Waals surface area contributed by atoms with Crippen molar-refractivity contribution in [1.29, 1.82) is 0 Å². The van der Waals surface area contributed by atoms with Crippen LogP contribution < -0.4 is 10.4 Å². The van der Waals surface area contributed by atoms with E-state index in [1.807, 2.05) is 0 Å². The number of hydrogen-bond acceptors (Lipinski definition) is 9.